The summed E-state index contributed by atoms with van der Waals surface area (Å²) in [5.41, 5.74) is 3.08. The molecule has 2 aromatic rings. The fourth-order valence-corrected chi connectivity index (χ4v) is 4.58. The van der Waals surface area contributed by atoms with Gasteiger partial charge in [-0.2, -0.15) is 5.10 Å². The first-order valence-corrected chi connectivity index (χ1v) is 10.2. The molecule has 1 N–H and O–H groups in total. The Bertz CT molecular complexity index is 1020. The van der Waals surface area contributed by atoms with Crippen LogP contribution in [-0.4, -0.2) is 25.7 Å². The van der Waals surface area contributed by atoms with Crippen LogP contribution < -0.4 is 5.56 Å². The molecule has 3 aliphatic rings. The lowest BCUT2D eigenvalue weighted by atomic mass is 9.92. The normalized spacial score (nSPS) is 22.9. The molecule has 148 valence electrons. The zero-order chi connectivity index (χ0) is 19.3. The smallest absolute Gasteiger partial charge is 0.262 e. The van der Waals surface area contributed by atoms with E-state index in [4.69, 9.17) is 4.98 Å². The highest BCUT2D eigenvalue weighted by Gasteiger charge is 2.36. The monoisotopic (exact) mass is 386 g/mol. The lowest BCUT2D eigenvalue weighted by Gasteiger charge is -2.28. The number of fused-ring (bicyclic) bond motifs is 1. The second-order valence-electron chi connectivity index (χ2n) is 8.37. The Morgan fingerprint density at radius 3 is 2.75 bits per heavy atom. The van der Waals surface area contributed by atoms with Crippen LogP contribution in [0.3, 0.4) is 0 Å². The summed E-state index contributed by atoms with van der Waals surface area (Å²) in [6.45, 7) is 0. The molecular formula is C21H24F2N4O. The third kappa shape index (κ3) is 3.31. The van der Waals surface area contributed by atoms with Gasteiger partial charge in [-0.15, -0.1) is 0 Å². The predicted molar refractivity (Wildman–Crippen MR) is 102 cm³/mol. The molecule has 0 bridgehead atoms. The summed E-state index contributed by atoms with van der Waals surface area (Å²) in [6.07, 6.45) is 11.6. The summed E-state index contributed by atoms with van der Waals surface area (Å²) in [7, 11) is 0. The van der Waals surface area contributed by atoms with Crippen LogP contribution in [0.15, 0.2) is 34.3 Å². The molecule has 2 saturated carbocycles. The zero-order valence-electron chi connectivity index (χ0n) is 15.8. The molecular weight excluding hydrogens is 362 g/mol. The number of aromatic nitrogens is 4. The Morgan fingerprint density at radius 1 is 1.21 bits per heavy atom. The molecule has 0 atom stereocenters. The maximum Gasteiger partial charge on any atom is 0.262 e. The third-order valence-corrected chi connectivity index (χ3v) is 6.28. The van der Waals surface area contributed by atoms with Crippen molar-refractivity contribution in [2.45, 2.75) is 69.8 Å². The first-order chi connectivity index (χ1) is 13.5. The fourth-order valence-electron chi connectivity index (χ4n) is 4.58. The molecule has 0 spiro atoms. The first-order valence-electron chi connectivity index (χ1n) is 10.2. The van der Waals surface area contributed by atoms with E-state index in [2.05, 4.69) is 22.2 Å². The standard InChI is InChI=1S/C21H24F2N4O/c22-21(23)9-7-15(8-10-21)27-19-17(12-24-27)20(28)26-18(25-19)11-14-3-1-2-4-16(14)13-5-6-13/h1,3,12-13,15H,2,4-11H2,(H,25,26,28). The van der Waals surface area contributed by atoms with E-state index in [0.717, 1.165) is 12.8 Å². The highest BCUT2D eigenvalue weighted by atomic mass is 19.3. The number of halogens is 2. The van der Waals surface area contributed by atoms with Crippen molar-refractivity contribution in [2.24, 2.45) is 5.92 Å². The second kappa shape index (κ2) is 6.64. The van der Waals surface area contributed by atoms with Crippen molar-refractivity contribution < 1.29 is 8.78 Å². The van der Waals surface area contributed by atoms with E-state index in [1.54, 1.807) is 4.68 Å². The van der Waals surface area contributed by atoms with Crippen LogP contribution in [0.5, 0.6) is 0 Å². The molecule has 5 rings (SSSR count). The van der Waals surface area contributed by atoms with Crippen LogP contribution in [0.2, 0.25) is 0 Å². The molecule has 7 heteroatoms. The van der Waals surface area contributed by atoms with Crippen molar-refractivity contribution in [3.63, 3.8) is 0 Å². The first kappa shape index (κ1) is 17.8. The van der Waals surface area contributed by atoms with Gasteiger partial charge in [-0.1, -0.05) is 17.7 Å². The van der Waals surface area contributed by atoms with Crippen molar-refractivity contribution in [1.29, 1.82) is 0 Å². The van der Waals surface area contributed by atoms with Crippen LogP contribution in [0.1, 0.15) is 63.2 Å². The quantitative estimate of drug-likeness (QED) is 0.843. The minimum Gasteiger partial charge on any atom is -0.310 e. The maximum atomic E-state index is 13.5. The lowest BCUT2D eigenvalue weighted by Crippen LogP contribution is -2.27. The van der Waals surface area contributed by atoms with Crippen molar-refractivity contribution >= 4 is 11.0 Å². The predicted octanol–water partition coefficient (Wildman–Crippen LogP) is 4.47. The van der Waals surface area contributed by atoms with Crippen molar-refractivity contribution in [2.75, 3.05) is 0 Å². The summed E-state index contributed by atoms with van der Waals surface area (Å²) in [6, 6.07) is -0.130. The van der Waals surface area contributed by atoms with Gasteiger partial charge in [-0.25, -0.2) is 18.4 Å². The molecule has 0 radical (unpaired) electrons. The summed E-state index contributed by atoms with van der Waals surface area (Å²) in [5.74, 6) is -1.26. The van der Waals surface area contributed by atoms with Gasteiger partial charge < -0.3 is 4.98 Å². The minimum absolute atomic E-state index is 0.130. The van der Waals surface area contributed by atoms with Gasteiger partial charge in [0.15, 0.2) is 5.65 Å². The molecule has 0 saturated heterocycles. The third-order valence-electron chi connectivity index (χ3n) is 6.28. The van der Waals surface area contributed by atoms with Gasteiger partial charge in [0.2, 0.25) is 5.92 Å². The largest absolute Gasteiger partial charge is 0.310 e. The van der Waals surface area contributed by atoms with Crippen molar-refractivity contribution in [3.8, 4) is 0 Å². The highest BCUT2D eigenvalue weighted by molar-refractivity contribution is 5.73. The number of rotatable bonds is 4. The molecule has 2 heterocycles. The minimum atomic E-state index is -2.59. The Labute approximate surface area is 161 Å². The number of allylic oxidation sites excluding steroid dienone is 4. The maximum absolute atomic E-state index is 13.5. The average Bonchev–Trinajstić information content (AvgIpc) is 3.42. The molecule has 0 unspecified atom stereocenters. The molecule has 5 nitrogen and oxygen atoms in total. The SMILES string of the molecule is O=c1[nH]c(CC2=C(C3CC3)CCC=C2)nc2c1cnn2C1CCC(F)(F)CC1. The molecule has 3 aliphatic carbocycles. The number of aromatic amines is 1. The number of hydrogen-bond acceptors (Lipinski definition) is 3. The van der Waals surface area contributed by atoms with Gasteiger partial charge in [0.1, 0.15) is 11.2 Å². The van der Waals surface area contributed by atoms with Crippen molar-refractivity contribution in [1.82, 2.24) is 19.7 Å². The number of nitrogens with one attached hydrogen (secondary N) is 1. The molecule has 2 aromatic heterocycles. The summed E-state index contributed by atoms with van der Waals surface area (Å²) in [5, 5.41) is 4.76. The number of hydrogen-bond donors (Lipinski definition) is 1. The summed E-state index contributed by atoms with van der Waals surface area (Å²) < 4.78 is 28.7. The van der Waals surface area contributed by atoms with E-state index in [9.17, 15) is 13.6 Å². The Hall–Kier alpha value is -2.31. The highest BCUT2D eigenvalue weighted by Crippen LogP contribution is 2.42. The number of nitrogens with zero attached hydrogens (tertiary/aromatic N) is 3. The molecule has 2 fully saturated rings. The van der Waals surface area contributed by atoms with Crippen LogP contribution in [0, 0.1) is 5.92 Å². The summed E-state index contributed by atoms with van der Waals surface area (Å²) in [4.78, 5) is 20.2. The topological polar surface area (TPSA) is 63.6 Å². The van der Waals surface area contributed by atoms with Gasteiger partial charge >= 0.3 is 0 Å². The number of H-pyrrole nitrogens is 1. The molecule has 0 aliphatic heterocycles. The molecule has 28 heavy (non-hydrogen) atoms. The Kier molecular flexibility index (Phi) is 4.21. The summed E-state index contributed by atoms with van der Waals surface area (Å²) >= 11 is 0. The van der Waals surface area contributed by atoms with Gasteiger partial charge in [-0.3, -0.25) is 4.79 Å². The van der Waals surface area contributed by atoms with E-state index in [1.807, 2.05) is 0 Å². The van der Waals surface area contributed by atoms with Crippen LogP contribution >= 0.6 is 0 Å². The number of alkyl halides is 2. The lowest BCUT2D eigenvalue weighted by molar-refractivity contribution is -0.0446. The van der Waals surface area contributed by atoms with Gasteiger partial charge in [0.05, 0.1) is 12.2 Å². The van der Waals surface area contributed by atoms with Crippen LogP contribution in [0.25, 0.3) is 11.0 Å². The van der Waals surface area contributed by atoms with E-state index in [0.29, 0.717) is 42.0 Å². The van der Waals surface area contributed by atoms with Gasteiger partial charge in [-0.05, 0) is 50.0 Å². The van der Waals surface area contributed by atoms with E-state index < -0.39 is 5.92 Å². The van der Waals surface area contributed by atoms with Crippen molar-refractivity contribution in [3.05, 3.63) is 45.7 Å². The van der Waals surface area contributed by atoms with E-state index >= 15 is 0 Å². The van der Waals surface area contributed by atoms with E-state index in [-0.39, 0.29) is 24.4 Å². The Balaban J connectivity index is 1.48. The van der Waals surface area contributed by atoms with Gasteiger partial charge in [0.25, 0.3) is 5.56 Å². The molecule has 0 amide bonds. The average molecular weight is 386 g/mol. The van der Waals surface area contributed by atoms with E-state index in [1.165, 1.54) is 30.2 Å². The zero-order valence-corrected chi connectivity index (χ0v) is 15.8. The Morgan fingerprint density at radius 2 is 2.00 bits per heavy atom. The molecule has 0 aromatic carbocycles. The second-order valence-corrected chi connectivity index (χ2v) is 8.37. The van der Waals surface area contributed by atoms with Crippen LogP contribution in [0.4, 0.5) is 8.78 Å². The van der Waals surface area contributed by atoms with Gasteiger partial charge in [0, 0.05) is 19.3 Å². The fraction of sp³-hybridized carbons (Fsp3) is 0.571. The van der Waals surface area contributed by atoms with Crippen LogP contribution in [-0.2, 0) is 6.42 Å².